The third-order valence-corrected chi connectivity index (χ3v) is 6.39. The van der Waals surface area contributed by atoms with Gasteiger partial charge in [0.05, 0.1) is 33.8 Å². The first-order valence-corrected chi connectivity index (χ1v) is 11.1. The molecule has 0 aliphatic carbocycles. The van der Waals surface area contributed by atoms with Gasteiger partial charge in [0.25, 0.3) is 5.91 Å². The summed E-state index contributed by atoms with van der Waals surface area (Å²) in [5, 5.41) is 6.69. The molecule has 0 bridgehead atoms. The van der Waals surface area contributed by atoms with E-state index in [1.165, 1.54) is 18.8 Å². The van der Waals surface area contributed by atoms with Gasteiger partial charge in [0.2, 0.25) is 5.91 Å². The SMILES string of the molecule is CCOC(=O)c1c(NC(=O)CSc2nc3ccc(Cl)cc3[nH]2)sc(C(=O)NC)c1C. The van der Waals surface area contributed by atoms with Crippen molar-refractivity contribution in [3.63, 3.8) is 0 Å². The minimum Gasteiger partial charge on any atom is -0.462 e. The lowest BCUT2D eigenvalue weighted by molar-refractivity contribution is -0.113. The number of benzene rings is 1. The summed E-state index contributed by atoms with van der Waals surface area (Å²) in [6.07, 6.45) is 0. The van der Waals surface area contributed by atoms with Crippen LogP contribution in [0.3, 0.4) is 0 Å². The molecule has 0 saturated carbocycles. The number of nitrogens with one attached hydrogen (secondary N) is 3. The normalized spacial score (nSPS) is 10.8. The zero-order chi connectivity index (χ0) is 21.8. The van der Waals surface area contributed by atoms with Gasteiger partial charge in [-0.2, -0.15) is 0 Å². The maximum absolute atomic E-state index is 12.5. The van der Waals surface area contributed by atoms with Gasteiger partial charge >= 0.3 is 5.97 Å². The molecule has 3 rings (SSSR count). The Bertz CT molecular complexity index is 1130. The molecule has 2 amide bonds. The molecule has 11 heteroatoms. The first kappa shape index (κ1) is 22.1. The lowest BCUT2D eigenvalue weighted by Gasteiger charge is -2.06. The molecule has 2 aromatic heterocycles. The Kier molecular flexibility index (Phi) is 7.01. The number of nitrogens with zero attached hydrogens (tertiary/aromatic N) is 1. The number of amides is 2. The van der Waals surface area contributed by atoms with Crippen LogP contribution in [0.1, 0.15) is 32.5 Å². The van der Waals surface area contributed by atoms with Gasteiger partial charge in [-0.15, -0.1) is 11.3 Å². The van der Waals surface area contributed by atoms with Crippen molar-refractivity contribution in [3.05, 3.63) is 39.2 Å². The minimum absolute atomic E-state index is 0.0576. The minimum atomic E-state index is -0.585. The Balaban J connectivity index is 1.75. The monoisotopic (exact) mass is 466 g/mol. The number of H-pyrrole nitrogens is 1. The van der Waals surface area contributed by atoms with E-state index in [4.69, 9.17) is 16.3 Å². The number of hydrogen-bond acceptors (Lipinski definition) is 7. The molecule has 0 spiro atoms. The molecule has 158 valence electrons. The van der Waals surface area contributed by atoms with Gasteiger partial charge in [-0.05, 0) is 37.6 Å². The quantitative estimate of drug-likeness (QED) is 0.360. The Morgan fingerprint density at radius 2 is 2.10 bits per heavy atom. The van der Waals surface area contributed by atoms with Crippen molar-refractivity contribution >= 4 is 68.5 Å². The van der Waals surface area contributed by atoms with E-state index in [-0.39, 0.29) is 34.7 Å². The molecular formula is C19H19ClN4O4S2. The average molecular weight is 467 g/mol. The maximum atomic E-state index is 12.5. The number of aromatic amines is 1. The zero-order valence-electron chi connectivity index (χ0n) is 16.4. The average Bonchev–Trinajstić information content (AvgIpc) is 3.26. The predicted molar refractivity (Wildman–Crippen MR) is 119 cm³/mol. The van der Waals surface area contributed by atoms with Crippen LogP contribution in [0.25, 0.3) is 11.0 Å². The molecule has 0 saturated heterocycles. The Morgan fingerprint density at radius 3 is 2.80 bits per heavy atom. The number of hydrogen-bond donors (Lipinski definition) is 3. The zero-order valence-corrected chi connectivity index (χ0v) is 18.8. The van der Waals surface area contributed by atoms with Gasteiger partial charge in [0.1, 0.15) is 5.00 Å². The van der Waals surface area contributed by atoms with E-state index in [1.54, 1.807) is 32.0 Å². The maximum Gasteiger partial charge on any atom is 0.341 e. The summed E-state index contributed by atoms with van der Waals surface area (Å²) >= 11 is 8.22. The van der Waals surface area contributed by atoms with E-state index in [0.29, 0.717) is 20.6 Å². The van der Waals surface area contributed by atoms with Gasteiger partial charge in [0.15, 0.2) is 5.16 Å². The van der Waals surface area contributed by atoms with Crippen molar-refractivity contribution in [1.82, 2.24) is 15.3 Å². The standard InChI is InChI=1S/C19H19ClN4O4S2/c1-4-28-18(27)14-9(2)15(16(26)21-3)30-17(14)24-13(25)8-29-19-22-11-6-5-10(20)7-12(11)23-19/h5-7H,4,8H2,1-3H3,(H,21,26)(H,22,23)(H,24,25). The van der Waals surface area contributed by atoms with Crippen LogP contribution in [-0.4, -0.2) is 47.2 Å². The van der Waals surface area contributed by atoms with Crippen LogP contribution in [0, 0.1) is 6.92 Å². The highest BCUT2D eigenvalue weighted by Crippen LogP contribution is 2.34. The fourth-order valence-corrected chi connectivity index (χ4v) is 4.72. The van der Waals surface area contributed by atoms with Crippen LogP contribution in [0.4, 0.5) is 5.00 Å². The number of thiophene rings is 1. The first-order valence-electron chi connectivity index (χ1n) is 8.94. The fourth-order valence-electron chi connectivity index (χ4n) is 2.70. The smallest absolute Gasteiger partial charge is 0.341 e. The van der Waals surface area contributed by atoms with Crippen molar-refractivity contribution in [3.8, 4) is 0 Å². The molecule has 30 heavy (non-hydrogen) atoms. The summed E-state index contributed by atoms with van der Waals surface area (Å²) in [7, 11) is 1.50. The largest absolute Gasteiger partial charge is 0.462 e. The van der Waals surface area contributed by atoms with Crippen LogP contribution < -0.4 is 10.6 Å². The summed E-state index contributed by atoms with van der Waals surface area (Å²) < 4.78 is 5.08. The second-order valence-corrected chi connectivity index (χ2v) is 8.52. The third kappa shape index (κ3) is 4.77. The second kappa shape index (κ2) is 9.50. The summed E-state index contributed by atoms with van der Waals surface area (Å²) in [6.45, 7) is 3.52. The summed E-state index contributed by atoms with van der Waals surface area (Å²) in [6, 6.07) is 5.29. The van der Waals surface area contributed by atoms with E-state index in [0.717, 1.165) is 22.4 Å². The highest BCUT2D eigenvalue weighted by Gasteiger charge is 2.26. The van der Waals surface area contributed by atoms with E-state index < -0.39 is 5.97 Å². The molecule has 3 aromatic rings. The molecule has 0 unspecified atom stereocenters. The number of thioether (sulfide) groups is 1. The molecule has 0 atom stereocenters. The van der Waals surface area contributed by atoms with E-state index in [2.05, 4.69) is 20.6 Å². The van der Waals surface area contributed by atoms with Gasteiger partial charge in [-0.3, -0.25) is 9.59 Å². The molecule has 3 N–H and O–H groups in total. The molecular weight excluding hydrogens is 448 g/mol. The molecule has 0 aliphatic heterocycles. The van der Waals surface area contributed by atoms with Crippen molar-refractivity contribution in [1.29, 1.82) is 0 Å². The highest BCUT2D eigenvalue weighted by molar-refractivity contribution is 7.99. The Morgan fingerprint density at radius 1 is 1.33 bits per heavy atom. The first-order chi connectivity index (χ1) is 14.3. The third-order valence-electron chi connectivity index (χ3n) is 4.07. The predicted octanol–water partition coefficient (Wildman–Crippen LogP) is 3.85. The van der Waals surface area contributed by atoms with Crippen molar-refractivity contribution in [2.45, 2.75) is 19.0 Å². The Hall–Kier alpha value is -2.56. The molecule has 1 aromatic carbocycles. The molecule has 0 fully saturated rings. The second-order valence-electron chi connectivity index (χ2n) is 6.10. The number of anilines is 1. The van der Waals surface area contributed by atoms with Crippen molar-refractivity contribution in [2.24, 2.45) is 0 Å². The van der Waals surface area contributed by atoms with Crippen molar-refractivity contribution < 1.29 is 19.1 Å². The topological polar surface area (TPSA) is 113 Å². The number of carbonyl (C=O) groups excluding carboxylic acids is 3. The van der Waals surface area contributed by atoms with E-state index in [1.807, 2.05) is 0 Å². The summed E-state index contributed by atoms with van der Waals surface area (Å²) in [5.41, 5.74) is 2.18. The molecule has 0 aliphatic rings. The van der Waals surface area contributed by atoms with Gasteiger partial charge < -0.3 is 20.4 Å². The number of aromatic nitrogens is 2. The van der Waals surface area contributed by atoms with Crippen LogP contribution >= 0.6 is 34.7 Å². The van der Waals surface area contributed by atoms with Crippen LogP contribution in [0.15, 0.2) is 23.4 Å². The number of ether oxygens (including phenoxy) is 1. The summed E-state index contributed by atoms with van der Waals surface area (Å²) in [4.78, 5) is 44.8. The van der Waals surface area contributed by atoms with E-state index >= 15 is 0 Å². The van der Waals surface area contributed by atoms with Crippen LogP contribution in [-0.2, 0) is 9.53 Å². The number of imidazole rings is 1. The van der Waals surface area contributed by atoms with E-state index in [9.17, 15) is 14.4 Å². The van der Waals surface area contributed by atoms with Crippen molar-refractivity contribution in [2.75, 3.05) is 24.7 Å². The highest BCUT2D eigenvalue weighted by atomic mass is 35.5. The van der Waals surface area contributed by atoms with Gasteiger partial charge in [-0.1, -0.05) is 23.4 Å². The summed E-state index contributed by atoms with van der Waals surface area (Å²) in [5.74, 6) is -1.20. The molecule has 0 radical (unpaired) electrons. The fraction of sp³-hybridized carbons (Fsp3) is 0.263. The number of rotatable bonds is 7. The lowest BCUT2D eigenvalue weighted by atomic mass is 10.1. The van der Waals surface area contributed by atoms with Gasteiger partial charge in [0, 0.05) is 12.1 Å². The molecule has 2 heterocycles. The Labute approximate surface area is 185 Å². The number of carbonyl (C=O) groups is 3. The van der Waals surface area contributed by atoms with Crippen LogP contribution in [0.5, 0.6) is 0 Å². The number of halogens is 1. The number of fused-ring (bicyclic) bond motifs is 1. The van der Waals surface area contributed by atoms with Gasteiger partial charge in [-0.25, -0.2) is 9.78 Å². The lowest BCUT2D eigenvalue weighted by Crippen LogP contribution is -2.18. The van der Waals surface area contributed by atoms with Crippen LogP contribution in [0.2, 0.25) is 5.02 Å². The molecule has 8 nitrogen and oxygen atoms in total. The number of esters is 1.